The maximum Gasteiger partial charge on any atom is 0.227 e. The summed E-state index contributed by atoms with van der Waals surface area (Å²) < 4.78 is 7.07. The van der Waals surface area contributed by atoms with E-state index >= 15 is 0 Å². The number of rotatable bonds is 1. The van der Waals surface area contributed by atoms with Crippen molar-refractivity contribution in [1.29, 1.82) is 0 Å². The first kappa shape index (κ1) is 12.2. The Labute approximate surface area is 115 Å². The third-order valence-corrected chi connectivity index (χ3v) is 4.32. The van der Waals surface area contributed by atoms with Crippen LogP contribution in [0.5, 0.6) is 0 Å². The fourth-order valence-electron chi connectivity index (χ4n) is 2.80. The second kappa shape index (κ2) is 5.02. The molecule has 1 aromatic rings. The van der Waals surface area contributed by atoms with Gasteiger partial charge in [-0.3, -0.25) is 4.79 Å². The van der Waals surface area contributed by atoms with Crippen LogP contribution >= 0.6 is 15.9 Å². The number of carbonyl (C=O) groups is 1. The van der Waals surface area contributed by atoms with Crippen molar-refractivity contribution in [2.45, 2.75) is 38.0 Å². The van der Waals surface area contributed by atoms with Gasteiger partial charge in [-0.15, -0.1) is 0 Å². The van der Waals surface area contributed by atoms with Gasteiger partial charge < -0.3 is 10.1 Å². The predicted octanol–water partition coefficient (Wildman–Crippen LogP) is 3.15. The van der Waals surface area contributed by atoms with Crippen LogP contribution in [0, 0.1) is 5.92 Å². The van der Waals surface area contributed by atoms with Crippen LogP contribution in [0.3, 0.4) is 0 Å². The van der Waals surface area contributed by atoms with Crippen molar-refractivity contribution in [3.8, 4) is 0 Å². The van der Waals surface area contributed by atoms with Gasteiger partial charge in [-0.05, 0) is 25.0 Å². The molecule has 3 nitrogen and oxygen atoms in total. The van der Waals surface area contributed by atoms with Crippen LogP contribution in [0.25, 0.3) is 0 Å². The standard InChI is InChI=1S/C14H16BrNO2/c15-10-7-5-9(6-8-10)14-16-13(17)11-3-1-2-4-12(11)18-14/h5-8,11-12,14H,1-4H2,(H,16,17)/t11-,12+,14-/m1/s1. The Bertz CT molecular complexity index is 446. The zero-order chi connectivity index (χ0) is 12.5. The quantitative estimate of drug-likeness (QED) is 0.865. The third kappa shape index (κ3) is 2.31. The topological polar surface area (TPSA) is 38.3 Å². The van der Waals surface area contributed by atoms with Gasteiger partial charge in [0, 0.05) is 10.0 Å². The number of carbonyl (C=O) groups excluding carboxylic acids is 1. The summed E-state index contributed by atoms with van der Waals surface area (Å²) in [5, 5.41) is 2.97. The molecule has 0 unspecified atom stereocenters. The molecule has 3 atom stereocenters. The Morgan fingerprint density at radius 1 is 1.17 bits per heavy atom. The molecular weight excluding hydrogens is 294 g/mol. The highest BCUT2D eigenvalue weighted by Crippen LogP contribution is 2.34. The highest BCUT2D eigenvalue weighted by Gasteiger charge is 2.38. The molecule has 0 spiro atoms. The van der Waals surface area contributed by atoms with Crippen LogP contribution in [-0.4, -0.2) is 12.0 Å². The first-order valence-corrected chi connectivity index (χ1v) is 7.24. The number of hydrogen-bond donors (Lipinski definition) is 1. The Morgan fingerprint density at radius 3 is 2.67 bits per heavy atom. The molecule has 1 aromatic carbocycles. The van der Waals surface area contributed by atoms with Crippen molar-refractivity contribution < 1.29 is 9.53 Å². The molecule has 4 heteroatoms. The summed E-state index contributed by atoms with van der Waals surface area (Å²) in [6.07, 6.45) is 4.09. The number of ether oxygens (including phenoxy) is 1. The van der Waals surface area contributed by atoms with E-state index in [1.54, 1.807) is 0 Å². The van der Waals surface area contributed by atoms with Crippen LogP contribution in [0.4, 0.5) is 0 Å². The molecule has 0 bridgehead atoms. The molecular formula is C14H16BrNO2. The second-order valence-electron chi connectivity index (χ2n) is 5.01. The Balaban J connectivity index is 1.78. The number of amides is 1. The molecule has 3 rings (SSSR count). The van der Waals surface area contributed by atoms with Crippen LogP contribution in [0.2, 0.25) is 0 Å². The van der Waals surface area contributed by atoms with Gasteiger partial charge in [-0.25, -0.2) is 0 Å². The molecule has 1 saturated carbocycles. The molecule has 1 N–H and O–H groups in total. The number of nitrogens with one attached hydrogen (secondary N) is 1. The Morgan fingerprint density at radius 2 is 1.89 bits per heavy atom. The molecule has 0 radical (unpaired) electrons. The number of fused-ring (bicyclic) bond motifs is 1. The normalized spacial score (nSPS) is 31.6. The Hall–Kier alpha value is -0.870. The van der Waals surface area contributed by atoms with Gasteiger partial charge in [0.15, 0.2) is 6.23 Å². The molecule has 2 aliphatic rings. The molecule has 2 fully saturated rings. The minimum Gasteiger partial charge on any atom is -0.350 e. The van der Waals surface area contributed by atoms with Crippen molar-refractivity contribution in [2.75, 3.05) is 0 Å². The van der Waals surface area contributed by atoms with Crippen molar-refractivity contribution in [2.24, 2.45) is 5.92 Å². The summed E-state index contributed by atoms with van der Waals surface area (Å²) in [6.45, 7) is 0. The largest absolute Gasteiger partial charge is 0.350 e. The van der Waals surface area contributed by atoms with Gasteiger partial charge in [-0.2, -0.15) is 0 Å². The van der Waals surface area contributed by atoms with Crippen molar-refractivity contribution in [3.63, 3.8) is 0 Å². The smallest absolute Gasteiger partial charge is 0.227 e. The van der Waals surface area contributed by atoms with Crippen LogP contribution in [-0.2, 0) is 9.53 Å². The lowest BCUT2D eigenvalue weighted by molar-refractivity contribution is -0.159. The molecule has 1 saturated heterocycles. The zero-order valence-corrected chi connectivity index (χ0v) is 11.7. The summed E-state index contributed by atoms with van der Waals surface area (Å²) in [5.74, 6) is 0.212. The van der Waals surface area contributed by atoms with Gasteiger partial charge in [0.2, 0.25) is 5.91 Å². The summed E-state index contributed by atoms with van der Waals surface area (Å²) in [5.41, 5.74) is 1.01. The molecule has 96 valence electrons. The van der Waals surface area contributed by atoms with E-state index in [-0.39, 0.29) is 24.2 Å². The molecule has 1 aliphatic heterocycles. The van der Waals surface area contributed by atoms with E-state index in [0.29, 0.717) is 0 Å². The van der Waals surface area contributed by atoms with Gasteiger partial charge in [0.1, 0.15) is 0 Å². The van der Waals surface area contributed by atoms with E-state index < -0.39 is 0 Å². The molecule has 1 amide bonds. The van der Waals surface area contributed by atoms with E-state index in [2.05, 4.69) is 21.2 Å². The fourth-order valence-corrected chi connectivity index (χ4v) is 3.07. The van der Waals surface area contributed by atoms with Crippen LogP contribution in [0.1, 0.15) is 37.5 Å². The maximum absolute atomic E-state index is 12.1. The Kier molecular flexibility index (Phi) is 3.39. The summed E-state index contributed by atoms with van der Waals surface area (Å²) in [4.78, 5) is 12.1. The summed E-state index contributed by atoms with van der Waals surface area (Å²) in [7, 11) is 0. The average Bonchev–Trinajstić information content (AvgIpc) is 2.39. The minimum absolute atomic E-state index is 0.0606. The van der Waals surface area contributed by atoms with Crippen molar-refractivity contribution in [1.82, 2.24) is 5.32 Å². The number of hydrogen-bond acceptors (Lipinski definition) is 2. The highest BCUT2D eigenvalue weighted by molar-refractivity contribution is 9.10. The van der Waals surface area contributed by atoms with Crippen LogP contribution in [0.15, 0.2) is 28.7 Å². The van der Waals surface area contributed by atoms with Gasteiger partial charge in [-0.1, -0.05) is 40.9 Å². The lowest BCUT2D eigenvalue weighted by Crippen LogP contribution is -2.49. The van der Waals surface area contributed by atoms with E-state index in [4.69, 9.17) is 4.74 Å². The lowest BCUT2D eigenvalue weighted by atomic mass is 9.84. The lowest BCUT2D eigenvalue weighted by Gasteiger charge is -2.39. The van der Waals surface area contributed by atoms with E-state index in [1.807, 2.05) is 24.3 Å². The highest BCUT2D eigenvalue weighted by atomic mass is 79.9. The summed E-state index contributed by atoms with van der Waals surface area (Å²) in [6, 6.07) is 7.91. The maximum atomic E-state index is 12.1. The van der Waals surface area contributed by atoms with Gasteiger partial charge >= 0.3 is 0 Å². The van der Waals surface area contributed by atoms with E-state index in [0.717, 1.165) is 29.3 Å². The molecule has 0 aromatic heterocycles. The first-order chi connectivity index (χ1) is 8.74. The predicted molar refractivity (Wildman–Crippen MR) is 71.9 cm³/mol. The van der Waals surface area contributed by atoms with Crippen molar-refractivity contribution in [3.05, 3.63) is 34.3 Å². The molecule has 1 aliphatic carbocycles. The summed E-state index contributed by atoms with van der Waals surface area (Å²) >= 11 is 3.41. The zero-order valence-electron chi connectivity index (χ0n) is 10.1. The van der Waals surface area contributed by atoms with Crippen LogP contribution < -0.4 is 5.32 Å². The number of benzene rings is 1. The minimum atomic E-state index is -0.287. The third-order valence-electron chi connectivity index (χ3n) is 3.80. The van der Waals surface area contributed by atoms with Gasteiger partial charge in [0.05, 0.1) is 12.0 Å². The first-order valence-electron chi connectivity index (χ1n) is 6.45. The monoisotopic (exact) mass is 309 g/mol. The van der Waals surface area contributed by atoms with Crippen molar-refractivity contribution >= 4 is 21.8 Å². The SMILES string of the molecule is O=C1N[C@@H](c2ccc(Br)cc2)O[C@H]2CCCC[C@@H]12. The average molecular weight is 310 g/mol. The second-order valence-corrected chi connectivity index (χ2v) is 5.92. The van der Waals surface area contributed by atoms with E-state index in [1.165, 1.54) is 6.42 Å². The molecule has 18 heavy (non-hydrogen) atoms. The number of halogens is 1. The fraction of sp³-hybridized carbons (Fsp3) is 0.500. The molecule has 1 heterocycles. The van der Waals surface area contributed by atoms with Gasteiger partial charge in [0.25, 0.3) is 0 Å². The van der Waals surface area contributed by atoms with E-state index in [9.17, 15) is 4.79 Å².